The van der Waals surface area contributed by atoms with Crippen molar-refractivity contribution < 1.29 is 39.8 Å². The van der Waals surface area contributed by atoms with Gasteiger partial charge in [-0.15, -0.1) is 0 Å². The van der Waals surface area contributed by atoms with Crippen LogP contribution < -0.4 is 5.32 Å². The third-order valence-electron chi connectivity index (χ3n) is 15.0. The Labute approximate surface area is 468 Å². The molecule has 0 radical (unpaired) electrons. The van der Waals surface area contributed by atoms with E-state index >= 15 is 0 Å². The number of hydrogen-bond acceptors (Lipinski definition) is 8. The summed E-state index contributed by atoms with van der Waals surface area (Å²) in [6.07, 6.45) is 71.5. The summed E-state index contributed by atoms with van der Waals surface area (Å²) in [6.45, 7) is 3.67. The molecule has 0 aliphatic carbocycles. The van der Waals surface area contributed by atoms with Crippen LogP contribution in [0.25, 0.3) is 0 Å². The summed E-state index contributed by atoms with van der Waals surface area (Å²) in [5.41, 5.74) is 0. The van der Waals surface area contributed by atoms with Gasteiger partial charge in [0.05, 0.1) is 25.4 Å². The summed E-state index contributed by atoms with van der Waals surface area (Å²) in [5, 5.41) is 54.5. The van der Waals surface area contributed by atoms with E-state index in [1.165, 1.54) is 205 Å². The van der Waals surface area contributed by atoms with Crippen LogP contribution in [-0.2, 0) is 14.3 Å². The summed E-state index contributed by atoms with van der Waals surface area (Å²) in [4.78, 5) is 13.1. The van der Waals surface area contributed by atoms with E-state index in [0.29, 0.717) is 6.42 Å². The first-order valence-corrected chi connectivity index (χ1v) is 32.2. The zero-order chi connectivity index (χ0) is 55.0. The highest BCUT2D eigenvalue weighted by Crippen LogP contribution is 2.23. The molecule has 1 saturated heterocycles. The van der Waals surface area contributed by atoms with Crippen molar-refractivity contribution in [3.8, 4) is 0 Å². The van der Waals surface area contributed by atoms with E-state index in [1.807, 2.05) is 6.08 Å². The third-order valence-corrected chi connectivity index (χ3v) is 15.0. The standard InChI is InChI=1S/C67H121NO8/c1-3-5-7-9-11-13-15-17-19-21-22-23-24-25-26-27-28-29-30-31-32-33-34-35-36-37-38-39-40-41-43-45-47-49-51-53-55-57-63(71)68-60(59-75-67-66(74)65(73)64(72)62(58-69)76-67)61(70)56-54-52-50-48-46-44-42-20-18-16-14-12-10-8-6-4-2/h5,7,11,13,17,19,22-23,46,48,54,56,60-62,64-67,69-70,72-74H,3-4,6,8-10,12,14-16,18,20-21,24-45,47,49-53,55,57-59H2,1-2H3,(H,68,71)/b7-5-,13-11-,19-17-,23-22-,48-46+,56-54+. The molecule has 442 valence electrons. The van der Waals surface area contributed by atoms with E-state index in [0.717, 1.165) is 64.2 Å². The smallest absolute Gasteiger partial charge is 0.220 e. The van der Waals surface area contributed by atoms with Gasteiger partial charge in [-0.25, -0.2) is 0 Å². The monoisotopic (exact) mass is 1070 g/mol. The Morgan fingerprint density at radius 1 is 0.461 bits per heavy atom. The van der Waals surface area contributed by atoms with Crippen molar-refractivity contribution in [1.82, 2.24) is 5.32 Å². The van der Waals surface area contributed by atoms with E-state index in [2.05, 4.69) is 79.9 Å². The Bertz CT molecular complexity index is 1420. The Hall–Kier alpha value is -2.37. The van der Waals surface area contributed by atoms with Crippen molar-refractivity contribution in [1.29, 1.82) is 0 Å². The molecule has 0 spiro atoms. The van der Waals surface area contributed by atoms with Gasteiger partial charge in [0.25, 0.3) is 0 Å². The second-order valence-corrected chi connectivity index (χ2v) is 22.2. The first-order chi connectivity index (χ1) is 37.3. The number of unbranched alkanes of at least 4 members (excludes halogenated alkanes) is 35. The molecule has 7 unspecified atom stereocenters. The fraction of sp³-hybridized carbons (Fsp3) is 0.806. The van der Waals surface area contributed by atoms with E-state index in [-0.39, 0.29) is 12.5 Å². The van der Waals surface area contributed by atoms with Crippen molar-refractivity contribution in [2.75, 3.05) is 13.2 Å². The van der Waals surface area contributed by atoms with Gasteiger partial charge in [-0.05, 0) is 70.6 Å². The molecule has 0 bridgehead atoms. The predicted molar refractivity (Wildman–Crippen MR) is 322 cm³/mol. The lowest BCUT2D eigenvalue weighted by atomic mass is 9.99. The van der Waals surface area contributed by atoms with Crippen LogP contribution in [-0.4, -0.2) is 87.5 Å². The summed E-state index contributed by atoms with van der Waals surface area (Å²) < 4.78 is 11.3. The van der Waals surface area contributed by atoms with Gasteiger partial charge < -0.3 is 40.3 Å². The molecule has 1 fully saturated rings. The molecule has 1 heterocycles. The molecule has 6 N–H and O–H groups in total. The highest BCUT2D eigenvalue weighted by Gasteiger charge is 2.44. The molecular weight excluding hydrogens is 947 g/mol. The number of amides is 1. The lowest BCUT2D eigenvalue weighted by molar-refractivity contribution is -0.302. The van der Waals surface area contributed by atoms with Crippen LogP contribution in [0.15, 0.2) is 72.9 Å². The number of allylic oxidation sites excluding steroid dienone is 11. The maximum absolute atomic E-state index is 13.1. The van der Waals surface area contributed by atoms with Gasteiger partial charge in [0, 0.05) is 6.42 Å². The quantitative estimate of drug-likeness (QED) is 0.0261. The van der Waals surface area contributed by atoms with Gasteiger partial charge in [-0.3, -0.25) is 4.79 Å². The largest absolute Gasteiger partial charge is 0.394 e. The Morgan fingerprint density at radius 2 is 0.829 bits per heavy atom. The molecule has 1 amide bonds. The molecule has 7 atom stereocenters. The van der Waals surface area contributed by atoms with Gasteiger partial charge in [0.1, 0.15) is 24.4 Å². The molecule has 0 saturated carbocycles. The van der Waals surface area contributed by atoms with Gasteiger partial charge >= 0.3 is 0 Å². The van der Waals surface area contributed by atoms with Crippen molar-refractivity contribution in [2.24, 2.45) is 0 Å². The SMILES string of the molecule is CC/C=C\C/C=C\C/C=C\C/C=C\CCCCCCCCCCCCCCCCCCCCCCCCCCC(=O)NC(COC1OC(CO)C(O)C(O)C1O)C(O)/C=C/CC/C=C/CCCCCCCCCCCC. The van der Waals surface area contributed by atoms with Crippen LogP contribution in [0.5, 0.6) is 0 Å². The molecular formula is C67H121NO8. The number of nitrogens with one attached hydrogen (secondary N) is 1. The predicted octanol–water partition coefficient (Wildman–Crippen LogP) is 16.8. The maximum Gasteiger partial charge on any atom is 0.220 e. The second kappa shape index (κ2) is 55.9. The van der Waals surface area contributed by atoms with E-state index in [4.69, 9.17) is 9.47 Å². The van der Waals surface area contributed by atoms with Gasteiger partial charge in [0.15, 0.2) is 6.29 Å². The lowest BCUT2D eigenvalue weighted by Gasteiger charge is -2.40. The Balaban J connectivity index is 2.08. The number of aliphatic hydroxyl groups excluding tert-OH is 5. The molecule has 9 nitrogen and oxygen atoms in total. The molecule has 1 aliphatic rings. The topological polar surface area (TPSA) is 149 Å². The summed E-state index contributed by atoms with van der Waals surface area (Å²) in [7, 11) is 0. The molecule has 9 heteroatoms. The minimum atomic E-state index is -1.57. The van der Waals surface area contributed by atoms with E-state index in [1.54, 1.807) is 6.08 Å². The van der Waals surface area contributed by atoms with Crippen LogP contribution >= 0.6 is 0 Å². The number of rotatable bonds is 55. The van der Waals surface area contributed by atoms with E-state index in [9.17, 15) is 30.3 Å². The Kier molecular flexibility index (Phi) is 52.7. The van der Waals surface area contributed by atoms with Crippen LogP contribution in [0.3, 0.4) is 0 Å². The van der Waals surface area contributed by atoms with Crippen molar-refractivity contribution in [2.45, 2.75) is 333 Å². The minimum Gasteiger partial charge on any atom is -0.394 e. The van der Waals surface area contributed by atoms with Crippen molar-refractivity contribution in [3.05, 3.63) is 72.9 Å². The lowest BCUT2D eigenvalue weighted by Crippen LogP contribution is -2.60. The normalized spacial score (nSPS) is 19.3. The fourth-order valence-electron chi connectivity index (χ4n) is 9.99. The average molecular weight is 1070 g/mol. The summed E-state index contributed by atoms with van der Waals surface area (Å²) >= 11 is 0. The van der Waals surface area contributed by atoms with Crippen LogP contribution in [0.1, 0.15) is 290 Å². The van der Waals surface area contributed by atoms with Crippen molar-refractivity contribution in [3.63, 3.8) is 0 Å². The highest BCUT2D eigenvalue weighted by molar-refractivity contribution is 5.76. The number of ether oxygens (including phenoxy) is 2. The average Bonchev–Trinajstić information content (AvgIpc) is 3.42. The van der Waals surface area contributed by atoms with Crippen LogP contribution in [0, 0.1) is 0 Å². The maximum atomic E-state index is 13.1. The van der Waals surface area contributed by atoms with Crippen molar-refractivity contribution >= 4 is 5.91 Å². The van der Waals surface area contributed by atoms with Crippen LogP contribution in [0.2, 0.25) is 0 Å². The summed E-state index contributed by atoms with van der Waals surface area (Å²) in [5.74, 6) is -0.183. The van der Waals surface area contributed by atoms with Gasteiger partial charge in [0.2, 0.25) is 5.91 Å². The first kappa shape index (κ1) is 71.6. The molecule has 0 aromatic carbocycles. The van der Waals surface area contributed by atoms with Gasteiger partial charge in [-0.1, -0.05) is 286 Å². The van der Waals surface area contributed by atoms with Gasteiger partial charge in [-0.2, -0.15) is 0 Å². The summed E-state index contributed by atoms with van der Waals surface area (Å²) in [6, 6.07) is -0.822. The van der Waals surface area contributed by atoms with Crippen LogP contribution in [0.4, 0.5) is 0 Å². The molecule has 76 heavy (non-hydrogen) atoms. The molecule has 0 aromatic rings. The molecule has 1 rings (SSSR count). The molecule has 1 aliphatic heterocycles. The molecule has 0 aromatic heterocycles. The second-order valence-electron chi connectivity index (χ2n) is 22.2. The van der Waals surface area contributed by atoms with E-state index < -0.39 is 49.5 Å². The highest BCUT2D eigenvalue weighted by atomic mass is 16.7. The Morgan fingerprint density at radius 3 is 1.26 bits per heavy atom. The fourth-order valence-corrected chi connectivity index (χ4v) is 9.99. The third kappa shape index (κ3) is 44.5. The number of hydrogen-bond donors (Lipinski definition) is 6. The number of carbonyl (C=O) groups excluding carboxylic acids is 1. The number of carbonyl (C=O) groups is 1. The zero-order valence-corrected chi connectivity index (χ0v) is 49.3. The minimum absolute atomic E-state index is 0.183. The first-order valence-electron chi connectivity index (χ1n) is 32.2. The number of aliphatic hydroxyl groups is 5. The zero-order valence-electron chi connectivity index (χ0n) is 49.3.